The van der Waals surface area contributed by atoms with Crippen molar-refractivity contribution >= 4 is 50.7 Å². The summed E-state index contributed by atoms with van der Waals surface area (Å²) in [6.45, 7) is 7.69. The van der Waals surface area contributed by atoms with Gasteiger partial charge in [0.25, 0.3) is 0 Å². The Morgan fingerprint density at radius 3 is 2.36 bits per heavy atom. The van der Waals surface area contributed by atoms with Gasteiger partial charge in [-0.15, -0.1) is 0 Å². The molecule has 2 amide bonds. The molecule has 10 heteroatoms. The molecule has 0 fully saturated rings. The van der Waals surface area contributed by atoms with Crippen LogP contribution in [0.15, 0.2) is 42.5 Å². The van der Waals surface area contributed by atoms with Crippen molar-refractivity contribution in [3.8, 4) is 0 Å². The van der Waals surface area contributed by atoms with E-state index in [0.717, 1.165) is 18.2 Å². The first-order valence-corrected chi connectivity index (χ1v) is 14.5. The molecule has 0 spiro atoms. The zero-order chi connectivity index (χ0) is 27.0. The average Bonchev–Trinajstić information content (AvgIpc) is 2.79. The lowest BCUT2D eigenvalue weighted by atomic mass is 10.1. The number of anilines is 1. The number of halogens is 2. The maximum Gasteiger partial charge on any atom is 0.242 e. The summed E-state index contributed by atoms with van der Waals surface area (Å²) < 4.78 is 26.2. The SMILES string of the molecule is CC[C@H](C)NC(=O)[C@@H](C)N(Cc1ccc(Cl)cc1Cl)C(=O)CCCN(c1cccc(C)c1)S(C)(=O)=O. The first-order valence-electron chi connectivity index (χ1n) is 11.9. The van der Waals surface area contributed by atoms with Crippen LogP contribution in [0.4, 0.5) is 5.69 Å². The Morgan fingerprint density at radius 2 is 1.78 bits per heavy atom. The number of hydrogen-bond donors (Lipinski definition) is 1. The molecule has 2 atom stereocenters. The fourth-order valence-corrected chi connectivity index (χ4v) is 5.09. The molecule has 0 radical (unpaired) electrons. The fraction of sp³-hybridized carbons (Fsp3) is 0.462. The highest BCUT2D eigenvalue weighted by atomic mass is 35.5. The smallest absolute Gasteiger partial charge is 0.242 e. The highest BCUT2D eigenvalue weighted by Crippen LogP contribution is 2.24. The van der Waals surface area contributed by atoms with E-state index in [2.05, 4.69) is 5.32 Å². The number of carbonyl (C=O) groups excluding carboxylic acids is 2. The third kappa shape index (κ3) is 8.68. The van der Waals surface area contributed by atoms with E-state index in [-0.39, 0.29) is 43.8 Å². The number of hydrogen-bond acceptors (Lipinski definition) is 4. The fourth-order valence-electron chi connectivity index (χ4n) is 3.67. The highest BCUT2D eigenvalue weighted by molar-refractivity contribution is 7.92. The predicted octanol–water partition coefficient (Wildman–Crippen LogP) is 5.18. The molecule has 0 aliphatic heterocycles. The number of amides is 2. The molecule has 0 saturated heterocycles. The minimum Gasteiger partial charge on any atom is -0.352 e. The molecule has 0 aliphatic carbocycles. The Labute approximate surface area is 224 Å². The van der Waals surface area contributed by atoms with Crippen molar-refractivity contribution in [2.45, 2.75) is 65.6 Å². The van der Waals surface area contributed by atoms with Crippen LogP contribution in [0.1, 0.15) is 51.2 Å². The molecule has 0 saturated carbocycles. The van der Waals surface area contributed by atoms with Crippen molar-refractivity contribution in [1.82, 2.24) is 10.2 Å². The topological polar surface area (TPSA) is 86.8 Å². The Morgan fingerprint density at radius 1 is 1.08 bits per heavy atom. The summed E-state index contributed by atoms with van der Waals surface area (Å²) in [7, 11) is -3.54. The van der Waals surface area contributed by atoms with Crippen LogP contribution in [-0.2, 0) is 26.2 Å². The van der Waals surface area contributed by atoms with Gasteiger partial charge >= 0.3 is 0 Å². The van der Waals surface area contributed by atoms with Crippen LogP contribution in [-0.4, -0.2) is 50.0 Å². The van der Waals surface area contributed by atoms with E-state index in [9.17, 15) is 18.0 Å². The monoisotopic (exact) mass is 555 g/mol. The normalized spacial score (nSPS) is 13.1. The molecule has 1 N–H and O–H groups in total. The van der Waals surface area contributed by atoms with Crippen LogP contribution in [0.2, 0.25) is 10.0 Å². The van der Waals surface area contributed by atoms with Crippen molar-refractivity contribution in [1.29, 1.82) is 0 Å². The van der Waals surface area contributed by atoms with Crippen molar-refractivity contribution in [2.24, 2.45) is 0 Å². The first-order chi connectivity index (χ1) is 16.8. The van der Waals surface area contributed by atoms with E-state index >= 15 is 0 Å². The Hall–Kier alpha value is -2.29. The lowest BCUT2D eigenvalue weighted by molar-refractivity contribution is -0.140. The van der Waals surface area contributed by atoms with Gasteiger partial charge in [0.2, 0.25) is 21.8 Å². The Kier molecular flexibility index (Phi) is 11.1. The minimum absolute atomic E-state index is 0.0336. The van der Waals surface area contributed by atoms with Crippen LogP contribution in [0.3, 0.4) is 0 Å². The minimum atomic E-state index is -3.54. The van der Waals surface area contributed by atoms with Crippen LogP contribution in [0.5, 0.6) is 0 Å². The molecule has 198 valence electrons. The van der Waals surface area contributed by atoms with Crippen LogP contribution in [0, 0.1) is 6.92 Å². The van der Waals surface area contributed by atoms with Crippen molar-refractivity contribution < 1.29 is 18.0 Å². The van der Waals surface area contributed by atoms with Gasteiger partial charge in [0.15, 0.2) is 0 Å². The third-order valence-electron chi connectivity index (χ3n) is 5.97. The van der Waals surface area contributed by atoms with E-state index in [1.165, 1.54) is 9.21 Å². The number of benzene rings is 2. The quantitative estimate of drug-likeness (QED) is 0.391. The summed E-state index contributed by atoms with van der Waals surface area (Å²) in [5.41, 5.74) is 2.15. The molecule has 2 aromatic rings. The van der Waals surface area contributed by atoms with Gasteiger partial charge in [-0.25, -0.2) is 8.42 Å². The van der Waals surface area contributed by atoms with E-state index in [1.807, 2.05) is 26.8 Å². The van der Waals surface area contributed by atoms with Gasteiger partial charge < -0.3 is 10.2 Å². The zero-order valence-electron chi connectivity index (χ0n) is 21.4. The highest BCUT2D eigenvalue weighted by Gasteiger charge is 2.27. The first kappa shape index (κ1) is 29.9. The van der Waals surface area contributed by atoms with Crippen LogP contribution >= 0.6 is 23.2 Å². The van der Waals surface area contributed by atoms with Gasteiger partial charge in [-0.05, 0) is 69.0 Å². The van der Waals surface area contributed by atoms with Gasteiger partial charge in [0.05, 0.1) is 11.9 Å². The summed E-state index contributed by atoms with van der Waals surface area (Å²) >= 11 is 12.4. The number of nitrogens with zero attached hydrogens (tertiary/aromatic N) is 2. The molecule has 0 aliphatic rings. The van der Waals surface area contributed by atoms with Gasteiger partial charge in [-0.2, -0.15) is 0 Å². The second kappa shape index (κ2) is 13.3. The van der Waals surface area contributed by atoms with Gasteiger partial charge in [-0.1, -0.05) is 48.3 Å². The summed E-state index contributed by atoms with van der Waals surface area (Å²) in [5, 5.41) is 3.79. The molecule has 0 unspecified atom stereocenters. The number of sulfonamides is 1. The van der Waals surface area contributed by atoms with E-state index in [4.69, 9.17) is 23.2 Å². The number of aryl methyl sites for hydroxylation is 1. The molecular weight excluding hydrogens is 521 g/mol. The van der Waals surface area contributed by atoms with Gasteiger partial charge in [0.1, 0.15) is 6.04 Å². The van der Waals surface area contributed by atoms with E-state index in [0.29, 0.717) is 21.3 Å². The summed E-state index contributed by atoms with van der Waals surface area (Å²) in [4.78, 5) is 27.7. The van der Waals surface area contributed by atoms with Crippen LogP contribution < -0.4 is 9.62 Å². The maximum absolute atomic E-state index is 13.4. The lowest BCUT2D eigenvalue weighted by Gasteiger charge is -2.30. The van der Waals surface area contributed by atoms with E-state index < -0.39 is 16.1 Å². The van der Waals surface area contributed by atoms with Crippen molar-refractivity contribution in [2.75, 3.05) is 17.1 Å². The Bertz CT molecular complexity index is 1170. The number of rotatable bonds is 12. The third-order valence-corrected chi connectivity index (χ3v) is 7.75. The standard InChI is InChI=1S/C26H35Cl2N3O4S/c1-6-19(3)29-26(33)20(4)30(17-21-12-13-22(27)16-24(21)28)25(32)11-8-14-31(36(5,34)35)23-10-7-9-18(2)15-23/h7,9-10,12-13,15-16,19-20H,6,8,11,14,17H2,1-5H3,(H,29,33)/t19-,20+/m0/s1. The Balaban J connectivity index is 2.21. The molecule has 0 bridgehead atoms. The molecule has 0 aromatic heterocycles. The molecule has 36 heavy (non-hydrogen) atoms. The second-order valence-electron chi connectivity index (χ2n) is 9.03. The van der Waals surface area contributed by atoms with E-state index in [1.54, 1.807) is 43.3 Å². The van der Waals surface area contributed by atoms with Crippen LogP contribution in [0.25, 0.3) is 0 Å². The predicted molar refractivity (Wildman–Crippen MR) is 147 cm³/mol. The zero-order valence-corrected chi connectivity index (χ0v) is 23.8. The number of carbonyl (C=O) groups is 2. The van der Waals surface area contributed by atoms with Gasteiger partial charge in [-0.3, -0.25) is 13.9 Å². The summed E-state index contributed by atoms with van der Waals surface area (Å²) in [5.74, 6) is -0.536. The summed E-state index contributed by atoms with van der Waals surface area (Å²) in [6.07, 6.45) is 2.25. The molecular formula is C26H35Cl2N3O4S. The maximum atomic E-state index is 13.4. The number of nitrogens with one attached hydrogen (secondary N) is 1. The summed E-state index contributed by atoms with van der Waals surface area (Å²) in [6, 6.07) is 11.4. The largest absolute Gasteiger partial charge is 0.352 e. The molecule has 7 nitrogen and oxygen atoms in total. The van der Waals surface area contributed by atoms with Gasteiger partial charge in [0, 0.05) is 35.6 Å². The second-order valence-corrected chi connectivity index (χ2v) is 11.8. The average molecular weight is 557 g/mol. The van der Waals surface area contributed by atoms with Crippen molar-refractivity contribution in [3.63, 3.8) is 0 Å². The lowest BCUT2D eigenvalue weighted by Crippen LogP contribution is -2.49. The molecule has 0 heterocycles. The van der Waals surface area contributed by atoms with Crippen molar-refractivity contribution in [3.05, 3.63) is 63.6 Å². The molecule has 2 rings (SSSR count). The molecule has 2 aromatic carbocycles.